The van der Waals surface area contributed by atoms with E-state index in [0.29, 0.717) is 22.5 Å². The Balaban J connectivity index is 1.88. The maximum atomic E-state index is 13.6. The highest BCUT2D eigenvalue weighted by Crippen LogP contribution is 2.25. The van der Waals surface area contributed by atoms with E-state index in [0.717, 1.165) is 0 Å². The van der Waals surface area contributed by atoms with Crippen molar-refractivity contribution < 1.29 is 28.3 Å². The lowest BCUT2D eigenvalue weighted by Crippen LogP contribution is -2.63. The third-order valence-electron chi connectivity index (χ3n) is 6.55. The lowest BCUT2D eigenvalue weighted by atomic mass is 9.88. The normalized spacial score (nSPS) is 14.9. The fourth-order valence-corrected chi connectivity index (χ4v) is 4.46. The molecule has 194 valence electrons. The summed E-state index contributed by atoms with van der Waals surface area (Å²) in [4.78, 5) is 52.5. The average Bonchev–Trinajstić information content (AvgIpc) is 3.03. The number of halogens is 1. The Morgan fingerprint density at radius 3 is 2.31 bits per heavy atom. The fourth-order valence-electron chi connectivity index (χ4n) is 4.46. The van der Waals surface area contributed by atoms with Crippen LogP contribution in [0.15, 0.2) is 18.2 Å². The molecule has 1 fully saturated rings. The van der Waals surface area contributed by atoms with E-state index in [1.54, 1.807) is 27.8 Å². The molecule has 2 aromatic rings. The highest BCUT2D eigenvalue weighted by Gasteiger charge is 2.43. The van der Waals surface area contributed by atoms with Gasteiger partial charge in [-0.05, 0) is 63.9 Å². The maximum absolute atomic E-state index is 13.6. The molecule has 3 amide bonds. The SMILES string of the molecule is Cc1cc(NC(=O)c2c(C)c(C(=O)C(=O)NC3(C(=O)NC(C)C)CCOCC3)n(C)c2C)ccc1F. The van der Waals surface area contributed by atoms with Crippen LogP contribution in [0.4, 0.5) is 10.1 Å². The average molecular weight is 501 g/mol. The number of hydrogen-bond acceptors (Lipinski definition) is 5. The lowest BCUT2D eigenvalue weighted by Gasteiger charge is -2.36. The first kappa shape index (κ1) is 27.1. The van der Waals surface area contributed by atoms with Gasteiger partial charge in [0, 0.05) is 50.5 Å². The minimum absolute atomic E-state index is 0.0527. The molecule has 0 atom stereocenters. The number of carbonyl (C=O) groups excluding carboxylic acids is 4. The third-order valence-corrected chi connectivity index (χ3v) is 6.55. The molecule has 1 aliphatic rings. The van der Waals surface area contributed by atoms with Crippen LogP contribution in [0.5, 0.6) is 0 Å². The number of hydrogen-bond donors (Lipinski definition) is 3. The summed E-state index contributed by atoms with van der Waals surface area (Å²) in [6.45, 7) is 9.02. The number of Topliss-reactive ketones (excluding diaryl/α,β-unsaturated/α-hetero) is 1. The Morgan fingerprint density at radius 2 is 1.72 bits per heavy atom. The Morgan fingerprint density at radius 1 is 1.08 bits per heavy atom. The van der Waals surface area contributed by atoms with E-state index in [-0.39, 0.29) is 55.1 Å². The Bertz CT molecular complexity index is 1210. The second-order valence-corrected chi connectivity index (χ2v) is 9.52. The van der Waals surface area contributed by atoms with Crippen LogP contribution in [0.1, 0.15) is 64.4 Å². The van der Waals surface area contributed by atoms with Crippen LogP contribution >= 0.6 is 0 Å². The van der Waals surface area contributed by atoms with Gasteiger partial charge < -0.3 is 25.3 Å². The van der Waals surface area contributed by atoms with E-state index in [9.17, 15) is 23.6 Å². The number of rotatable bonds is 7. The predicted molar refractivity (Wildman–Crippen MR) is 133 cm³/mol. The van der Waals surface area contributed by atoms with Crippen LogP contribution < -0.4 is 16.0 Å². The molecule has 10 heteroatoms. The molecule has 3 rings (SSSR count). The lowest BCUT2D eigenvalue weighted by molar-refractivity contribution is -0.136. The van der Waals surface area contributed by atoms with E-state index in [1.165, 1.54) is 22.8 Å². The highest BCUT2D eigenvalue weighted by molar-refractivity contribution is 6.43. The molecule has 9 nitrogen and oxygen atoms in total. The van der Waals surface area contributed by atoms with E-state index < -0.39 is 23.1 Å². The van der Waals surface area contributed by atoms with Crippen LogP contribution in [0.3, 0.4) is 0 Å². The summed E-state index contributed by atoms with van der Waals surface area (Å²) in [5.41, 5.74) is 0.642. The number of amides is 3. The molecule has 1 aromatic heterocycles. The zero-order chi connectivity index (χ0) is 26.8. The van der Waals surface area contributed by atoms with Gasteiger partial charge in [0.05, 0.1) is 11.3 Å². The minimum atomic E-state index is -1.26. The number of aromatic nitrogens is 1. The van der Waals surface area contributed by atoms with Gasteiger partial charge >= 0.3 is 0 Å². The van der Waals surface area contributed by atoms with Gasteiger partial charge in [-0.3, -0.25) is 19.2 Å². The maximum Gasteiger partial charge on any atom is 0.294 e. The molecule has 0 saturated carbocycles. The van der Waals surface area contributed by atoms with Crippen LogP contribution in [0.2, 0.25) is 0 Å². The quantitative estimate of drug-likeness (QED) is 0.399. The Kier molecular flexibility index (Phi) is 7.98. The number of anilines is 1. The van der Waals surface area contributed by atoms with Crippen LogP contribution in [0, 0.1) is 26.6 Å². The molecule has 0 radical (unpaired) electrons. The Labute approximate surface area is 209 Å². The number of ether oxygens (including phenoxy) is 1. The number of benzene rings is 1. The summed E-state index contributed by atoms with van der Waals surface area (Å²) < 4.78 is 20.5. The van der Waals surface area contributed by atoms with Crippen LogP contribution in [-0.4, -0.2) is 52.9 Å². The second-order valence-electron chi connectivity index (χ2n) is 9.52. The smallest absolute Gasteiger partial charge is 0.294 e. The molecular formula is C26H33FN4O5. The number of ketones is 1. The van der Waals surface area contributed by atoms with Gasteiger partial charge in [-0.25, -0.2) is 4.39 Å². The molecule has 1 saturated heterocycles. The summed E-state index contributed by atoms with van der Waals surface area (Å²) in [7, 11) is 1.59. The zero-order valence-electron chi connectivity index (χ0n) is 21.5. The van der Waals surface area contributed by atoms with Crippen molar-refractivity contribution in [3.8, 4) is 0 Å². The number of nitrogens with one attached hydrogen (secondary N) is 3. The van der Waals surface area contributed by atoms with Crippen molar-refractivity contribution in [1.82, 2.24) is 15.2 Å². The Hall–Kier alpha value is -3.53. The first-order chi connectivity index (χ1) is 16.9. The number of aryl methyl sites for hydroxylation is 1. The van der Waals surface area contributed by atoms with Crippen LogP contribution in [0.25, 0.3) is 0 Å². The van der Waals surface area contributed by atoms with E-state index in [1.807, 2.05) is 13.8 Å². The van der Waals surface area contributed by atoms with E-state index >= 15 is 0 Å². The van der Waals surface area contributed by atoms with Crippen molar-refractivity contribution in [2.24, 2.45) is 7.05 Å². The van der Waals surface area contributed by atoms with Crippen molar-refractivity contribution in [3.63, 3.8) is 0 Å². The summed E-state index contributed by atoms with van der Waals surface area (Å²) >= 11 is 0. The standard InChI is InChI=1S/C26H33FN4O5/c1-14(2)28-25(35)26(9-11-36-12-10-26)30-24(34)22(32)21-16(4)20(17(5)31(21)6)23(33)29-18-7-8-19(27)15(3)13-18/h7-8,13-14H,9-12H2,1-6H3,(H,28,35)(H,29,33)(H,30,34). The van der Waals surface area contributed by atoms with Crippen molar-refractivity contribution in [3.05, 3.63) is 52.1 Å². The van der Waals surface area contributed by atoms with E-state index in [4.69, 9.17) is 4.74 Å². The molecule has 36 heavy (non-hydrogen) atoms. The molecule has 2 heterocycles. The van der Waals surface area contributed by atoms with Gasteiger partial charge in [0.25, 0.3) is 17.6 Å². The van der Waals surface area contributed by atoms with Gasteiger partial charge in [0.2, 0.25) is 5.91 Å². The summed E-state index contributed by atoms with van der Waals surface area (Å²) in [6.07, 6.45) is 0.473. The van der Waals surface area contributed by atoms with Gasteiger partial charge in [0.15, 0.2) is 0 Å². The topological polar surface area (TPSA) is 119 Å². The first-order valence-electron chi connectivity index (χ1n) is 11.9. The molecule has 0 aliphatic carbocycles. The van der Waals surface area contributed by atoms with Crippen molar-refractivity contribution in [2.75, 3.05) is 18.5 Å². The summed E-state index contributed by atoms with van der Waals surface area (Å²) in [5, 5.41) is 8.21. The number of nitrogens with zero attached hydrogens (tertiary/aromatic N) is 1. The molecule has 3 N–H and O–H groups in total. The van der Waals surface area contributed by atoms with Crippen molar-refractivity contribution in [2.45, 2.75) is 59.0 Å². The fraction of sp³-hybridized carbons (Fsp3) is 0.462. The molecular weight excluding hydrogens is 467 g/mol. The zero-order valence-corrected chi connectivity index (χ0v) is 21.5. The van der Waals surface area contributed by atoms with Crippen molar-refractivity contribution in [1.29, 1.82) is 0 Å². The first-order valence-corrected chi connectivity index (χ1v) is 11.9. The molecule has 0 bridgehead atoms. The van der Waals surface area contributed by atoms with Crippen LogP contribution in [-0.2, 0) is 21.4 Å². The van der Waals surface area contributed by atoms with Gasteiger partial charge in [0.1, 0.15) is 11.4 Å². The van der Waals surface area contributed by atoms with E-state index in [2.05, 4.69) is 16.0 Å². The molecule has 1 aromatic carbocycles. The van der Waals surface area contributed by atoms with Gasteiger partial charge in [-0.2, -0.15) is 0 Å². The largest absolute Gasteiger partial charge is 0.381 e. The predicted octanol–water partition coefficient (Wildman–Crippen LogP) is 2.71. The highest BCUT2D eigenvalue weighted by atomic mass is 19.1. The summed E-state index contributed by atoms with van der Waals surface area (Å²) in [6, 6.07) is 4.07. The third kappa shape index (κ3) is 5.33. The van der Waals surface area contributed by atoms with Gasteiger partial charge in [-0.1, -0.05) is 0 Å². The molecule has 0 spiro atoms. The monoisotopic (exact) mass is 500 g/mol. The minimum Gasteiger partial charge on any atom is -0.381 e. The molecule has 1 aliphatic heterocycles. The summed E-state index contributed by atoms with van der Waals surface area (Å²) in [5.74, 6) is -3.01. The number of carbonyl (C=O) groups is 4. The molecule has 0 unspecified atom stereocenters. The second kappa shape index (κ2) is 10.6. The van der Waals surface area contributed by atoms with Crippen molar-refractivity contribution >= 4 is 29.2 Å². The van der Waals surface area contributed by atoms with Gasteiger partial charge in [-0.15, -0.1) is 0 Å².